The Kier molecular flexibility index (Phi) is 10.6. The molecule has 0 spiro atoms. The van der Waals surface area contributed by atoms with Crippen LogP contribution in [0.5, 0.6) is 0 Å². The van der Waals surface area contributed by atoms with Crippen molar-refractivity contribution in [2.75, 3.05) is 0 Å². The normalized spacial score (nSPS) is 11.8. The summed E-state index contributed by atoms with van der Waals surface area (Å²) < 4.78 is 298. The van der Waals surface area contributed by atoms with Crippen molar-refractivity contribution >= 4 is 35.3 Å². The van der Waals surface area contributed by atoms with E-state index in [9.17, 15) is 52.7 Å². The summed E-state index contributed by atoms with van der Waals surface area (Å²) in [5.41, 5.74) is -13.2. The number of halogens is 20. The Balaban J connectivity index is 2.50. The van der Waals surface area contributed by atoms with Crippen LogP contribution in [0.1, 0.15) is 20.8 Å². The molecule has 276 valence electrons. The first kappa shape index (κ1) is 40.1. The molecule has 0 saturated heterocycles. The van der Waals surface area contributed by atoms with E-state index in [1.807, 2.05) is 0 Å². The summed E-state index contributed by atoms with van der Waals surface area (Å²) in [6.45, 7) is -5.65. The van der Waals surface area contributed by atoms with Gasteiger partial charge < -0.3 is 0 Å². The second-order valence-electron chi connectivity index (χ2n) is 11.8. The van der Waals surface area contributed by atoms with Crippen molar-refractivity contribution in [3.05, 3.63) is 128 Å². The maximum absolute atomic E-state index is 15.5. The molecule has 0 nitrogen and oxygen atoms in total. The second kappa shape index (κ2) is 13.7. The lowest BCUT2D eigenvalue weighted by atomic mass is 9.18. The molecule has 0 aromatic heterocycles. The fraction of sp³-hybridized carbons (Fsp3) is 0.133. The van der Waals surface area contributed by atoms with E-state index in [1.165, 1.54) is 0 Å². The molecule has 0 aliphatic rings. The maximum atomic E-state index is 15.5. The van der Waals surface area contributed by atoms with Gasteiger partial charge in [-0.3, -0.25) is 0 Å². The van der Waals surface area contributed by atoms with Gasteiger partial charge in [-0.25, -0.2) is 87.8 Å². The lowest BCUT2D eigenvalue weighted by Gasteiger charge is -2.30. The second-order valence-corrected chi connectivity index (χ2v) is 11.8. The van der Waals surface area contributed by atoms with E-state index in [-0.39, 0.29) is 6.08 Å². The molecule has 0 N–H and O–H groups in total. The van der Waals surface area contributed by atoms with Gasteiger partial charge in [-0.05, 0) is 5.41 Å². The average Bonchev–Trinajstić information content (AvgIpc) is 3.08. The first-order chi connectivity index (χ1) is 23.8. The summed E-state index contributed by atoms with van der Waals surface area (Å²) in [5, 5.41) is -2.22. The van der Waals surface area contributed by atoms with Crippen LogP contribution in [-0.2, 0) is 0 Å². The maximum Gasteiger partial charge on any atom is 0.245 e. The highest BCUT2D eigenvalue weighted by molar-refractivity contribution is 7.10. The Morgan fingerprint density at radius 2 is 0.423 bits per heavy atom. The molecule has 22 heteroatoms. The fourth-order valence-corrected chi connectivity index (χ4v) is 5.29. The van der Waals surface area contributed by atoms with Crippen LogP contribution in [0.15, 0.2) is 11.4 Å². The van der Waals surface area contributed by atoms with Crippen molar-refractivity contribution in [1.82, 2.24) is 0 Å². The van der Waals surface area contributed by atoms with Crippen LogP contribution in [0.4, 0.5) is 87.8 Å². The van der Waals surface area contributed by atoms with Gasteiger partial charge in [0.25, 0.3) is 0 Å². The highest BCUT2D eigenvalue weighted by Crippen LogP contribution is 2.30. The summed E-state index contributed by atoms with van der Waals surface area (Å²) in [4.78, 5) is 0. The first-order valence-corrected chi connectivity index (χ1v) is 13.6. The molecule has 0 atom stereocenters. The van der Waals surface area contributed by atoms with E-state index >= 15 is 35.1 Å². The number of rotatable bonds is 6. The lowest BCUT2D eigenvalue weighted by Crippen LogP contribution is -2.62. The van der Waals surface area contributed by atoms with Crippen molar-refractivity contribution in [2.24, 2.45) is 5.41 Å². The van der Waals surface area contributed by atoms with Gasteiger partial charge in [0.1, 0.15) is 0 Å². The average molecular weight is 772 g/mol. The summed E-state index contributed by atoms with van der Waals surface area (Å²) in [7, 11) is 0. The minimum absolute atomic E-state index is 0.0223. The highest BCUT2D eigenvalue weighted by Gasteiger charge is 2.49. The van der Waals surface area contributed by atoms with Gasteiger partial charge in [0, 0.05) is 21.9 Å². The van der Waals surface area contributed by atoms with Crippen LogP contribution < -0.4 is 21.9 Å². The van der Waals surface area contributed by atoms with Gasteiger partial charge in [0.15, 0.2) is 116 Å². The standard InChI is InChI=1S/C30H10B2F20/c1-30(2,3)4-5(31(6-10(33)18(41)26(49)19(42)11(6)34)7-12(35)20(43)27(50)21(44)13(7)36)32(8-14(37)22(45)28(51)23(46)15(8)38)9-16(39)24(47)29(52)25(48)17(9)40/h4H,1-3H3. The smallest absolute Gasteiger partial charge is 0.204 e. The summed E-state index contributed by atoms with van der Waals surface area (Å²) >= 11 is 0. The molecule has 0 radical (unpaired) electrons. The minimum Gasteiger partial charge on any atom is -0.204 e. The highest BCUT2D eigenvalue weighted by atomic mass is 19.2. The number of benzene rings is 4. The van der Waals surface area contributed by atoms with E-state index in [0.717, 1.165) is 20.8 Å². The van der Waals surface area contributed by atoms with Crippen LogP contribution in [0.2, 0.25) is 0 Å². The number of allylic oxidation sites excluding steroid dienone is 1. The van der Waals surface area contributed by atoms with E-state index in [0.29, 0.717) is 0 Å². The molecule has 0 bridgehead atoms. The van der Waals surface area contributed by atoms with Gasteiger partial charge in [0.05, 0.1) is 0 Å². The molecule has 0 unspecified atom stereocenters. The molecule has 4 aromatic carbocycles. The third-order valence-corrected chi connectivity index (χ3v) is 7.40. The Morgan fingerprint density at radius 3 is 0.558 bits per heavy atom. The third-order valence-electron chi connectivity index (χ3n) is 7.40. The topological polar surface area (TPSA) is 0 Å². The van der Waals surface area contributed by atoms with Gasteiger partial charge in [-0.15, -0.1) is 5.37 Å². The molecular formula is C30H10B2F20. The van der Waals surface area contributed by atoms with E-state index in [1.54, 1.807) is 0 Å². The summed E-state index contributed by atoms with van der Waals surface area (Å²) in [5.74, 6) is -63.1. The molecule has 0 heterocycles. The van der Waals surface area contributed by atoms with Crippen LogP contribution in [0.3, 0.4) is 0 Å². The van der Waals surface area contributed by atoms with Crippen molar-refractivity contribution in [1.29, 1.82) is 0 Å². The van der Waals surface area contributed by atoms with Crippen molar-refractivity contribution in [3.8, 4) is 0 Å². The van der Waals surface area contributed by atoms with Crippen LogP contribution in [0, 0.1) is 122 Å². The largest absolute Gasteiger partial charge is 0.245 e. The van der Waals surface area contributed by atoms with Gasteiger partial charge >= 0.3 is 0 Å². The molecule has 0 amide bonds. The van der Waals surface area contributed by atoms with Gasteiger partial charge in [-0.2, -0.15) is 0 Å². The zero-order valence-electron chi connectivity index (χ0n) is 25.3. The molecular weight excluding hydrogens is 762 g/mol. The SMILES string of the molecule is CC(C)(C)C=C(B(c1c(F)c(F)c(F)c(F)c1F)c1c(F)c(F)c(F)c(F)c1F)B(c1c(F)c(F)c(F)c(F)c1F)c1c(F)c(F)c(F)c(F)c1F. The Labute approximate surface area is 277 Å². The van der Waals surface area contributed by atoms with E-state index < -0.39 is 162 Å². The molecule has 0 aliphatic carbocycles. The summed E-state index contributed by atoms with van der Waals surface area (Å²) in [6, 6.07) is 0. The molecule has 52 heavy (non-hydrogen) atoms. The van der Waals surface area contributed by atoms with Crippen molar-refractivity contribution in [2.45, 2.75) is 20.8 Å². The van der Waals surface area contributed by atoms with Crippen molar-refractivity contribution < 1.29 is 87.8 Å². The van der Waals surface area contributed by atoms with Crippen LogP contribution in [0.25, 0.3) is 0 Å². The molecule has 0 fully saturated rings. The minimum atomic E-state index is -4.07. The number of hydrogen-bond acceptors (Lipinski definition) is 0. The predicted molar refractivity (Wildman–Crippen MR) is 143 cm³/mol. The molecule has 4 aromatic rings. The quantitative estimate of drug-likeness (QED) is 0.0829. The zero-order chi connectivity index (χ0) is 39.8. The molecule has 0 aliphatic heterocycles. The third kappa shape index (κ3) is 6.16. The number of hydrogen-bond donors (Lipinski definition) is 0. The van der Waals surface area contributed by atoms with Crippen LogP contribution >= 0.6 is 0 Å². The monoisotopic (exact) mass is 772 g/mol. The van der Waals surface area contributed by atoms with Crippen molar-refractivity contribution in [3.63, 3.8) is 0 Å². The molecule has 4 rings (SSSR count). The molecule has 0 saturated carbocycles. The Bertz CT molecular complexity index is 1810. The summed E-state index contributed by atoms with van der Waals surface area (Å²) in [6.07, 6.45) is 0.0223. The van der Waals surface area contributed by atoms with Crippen LogP contribution in [-0.4, -0.2) is 13.4 Å². The van der Waals surface area contributed by atoms with E-state index in [4.69, 9.17) is 0 Å². The predicted octanol–water partition coefficient (Wildman–Crippen LogP) is 7.44. The lowest BCUT2D eigenvalue weighted by molar-refractivity contribution is 0.382. The fourth-order valence-electron chi connectivity index (χ4n) is 5.29. The Hall–Kier alpha value is -4.65. The first-order valence-electron chi connectivity index (χ1n) is 13.6. The zero-order valence-corrected chi connectivity index (χ0v) is 25.3. The van der Waals surface area contributed by atoms with Gasteiger partial charge in [0.2, 0.25) is 13.4 Å². The van der Waals surface area contributed by atoms with Gasteiger partial charge in [-0.1, -0.05) is 26.8 Å². The Morgan fingerprint density at radius 1 is 0.288 bits per heavy atom. The van der Waals surface area contributed by atoms with E-state index in [2.05, 4.69) is 0 Å².